The summed E-state index contributed by atoms with van der Waals surface area (Å²) in [5.41, 5.74) is 8.87. The van der Waals surface area contributed by atoms with Crippen molar-refractivity contribution in [2.45, 2.75) is 0 Å². The Balaban J connectivity index is 1.11. The van der Waals surface area contributed by atoms with Crippen LogP contribution in [0.5, 0.6) is 0 Å². The van der Waals surface area contributed by atoms with Gasteiger partial charge in [0.05, 0.1) is 27.8 Å². The average molecular weight is 863 g/mol. The summed E-state index contributed by atoms with van der Waals surface area (Å²) in [4.78, 5) is 0. The van der Waals surface area contributed by atoms with Crippen LogP contribution in [0, 0.1) is 0 Å². The second-order valence-corrected chi connectivity index (χ2v) is 22.0. The van der Waals surface area contributed by atoms with Crippen molar-refractivity contribution < 1.29 is 4.42 Å². The number of rotatable bonds is 6. The number of benzene rings is 10. The van der Waals surface area contributed by atoms with Crippen LogP contribution in [0.25, 0.3) is 97.1 Å². The predicted molar refractivity (Wildman–Crippen MR) is 279 cm³/mol. The number of thiophene rings is 1. The highest BCUT2D eigenvalue weighted by Gasteiger charge is 2.43. The fourth-order valence-corrected chi connectivity index (χ4v) is 17.3. The van der Waals surface area contributed by atoms with Gasteiger partial charge >= 0.3 is 0 Å². The molecule has 4 aromatic heterocycles. The molecule has 0 aliphatic carbocycles. The Labute approximate surface area is 379 Å². The zero-order valence-electron chi connectivity index (χ0n) is 35.2. The third-order valence-electron chi connectivity index (χ3n) is 13.9. The summed E-state index contributed by atoms with van der Waals surface area (Å²) >= 11 is 1.87. The van der Waals surface area contributed by atoms with E-state index < -0.39 is 8.07 Å². The summed E-state index contributed by atoms with van der Waals surface area (Å²) in [5.74, 6) is 0. The highest BCUT2D eigenvalue weighted by molar-refractivity contribution is 7.25. The van der Waals surface area contributed by atoms with Crippen LogP contribution in [-0.2, 0) is 0 Å². The summed E-state index contributed by atoms with van der Waals surface area (Å²) < 4.78 is 14.1. The number of nitrogens with zero attached hydrogens (tertiary/aromatic N) is 2. The molecule has 4 heterocycles. The molecule has 65 heavy (non-hydrogen) atoms. The predicted octanol–water partition coefficient (Wildman–Crippen LogP) is 13.5. The number of hydrogen-bond donors (Lipinski definition) is 0. The molecule has 0 bridgehead atoms. The first kappa shape index (κ1) is 36.5. The van der Waals surface area contributed by atoms with E-state index in [9.17, 15) is 0 Å². The van der Waals surface area contributed by atoms with Gasteiger partial charge in [0.1, 0.15) is 11.2 Å². The van der Waals surface area contributed by atoms with E-state index in [-0.39, 0.29) is 0 Å². The van der Waals surface area contributed by atoms with Crippen molar-refractivity contribution in [1.82, 2.24) is 9.13 Å². The van der Waals surface area contributed by atoms with Gasteiger partial charge in [-0.15, -0.1) is 11.3 Å². The Morgan fingerprint density at radius 3 is 1.75 bits per heavy atom. The molecule has 5 heteroatoms. The highest BCUT2D eigenvalue weighted by Crippen LogP contribution is 2.42. The maximum atomic E-state index is 6.46. The number of aromatic nitrogens is 2. The van der Waals surface area contributed by atoms with Crippen molar-refractivity contribution in [3.8, 4) is 11.4 Å². The second kappa shape index (κ2) is 14.0. The Morgan fingerprint density at radius 2 is 0.954 bits per heavy atom. The molecule has 14 aromatic rings. The van der Waals surface area contributed by atoms with Gasteiger partial charge in [-0.1, -0.05) is 176 Å². The minimum Gasteiger partial charge on any atom is -0.456 e. The van der Waals surface area contributed by atoms with Crippen LogP contribution in [0.4, 0.5) is 0 Å². The van der Waals surface area contributed by atoms with Gasteiger partial charge in [0.25, 0.3) is 0 Å². The lowest BCUT2D eigenvalue weighted by atomic mass is 10.1. The van der Waals surface area contributed by atoms with Crippen molar-refractivity contribution in [1.29, 1.82) is 0 Å². The van der Waals surface area contributed by atoms with E-state index in [4.69, 9.17) is 4.42 Å². The second-order valence-electron chi connectivity index (χ2n) is 17.1. The molecule has 0 aliphatic heterocycles. The van der Waals surface area contributed by atoms with Crippen LogP contribution in [0.15, 0.2) is 235 Å². The highest BCUT2D eigenvalue weighted by atomic mass is 32.1. The summed E-state index contributed by atoms with van der Waals surface area (Å²) in [6, 6.07) is 85.7. The molecule has 0 unspecified atom stereocenters. The van der Waals surface area contributed by atoms with Crippen LogP contribution in [0.1, 0.15) is 0 Å². The molecule has 304 valence electrons. The van der Waals surface area contributed by atoms with E-state index in [0.29, 0.717) is 0 Å². The van der Waals surface area contributed by atoms with E-state index in [2.05, 4.69) is 240 Å². The minimum atomic E-state index is -3.09. The molecule has 0 amide bonds. The molecule has 0 saturated carbocycles. The zero-order valence-corrected chi connectivity index (χ0v) is 37.0. The van der Waals surface area contributed by atoms with Crippen LogP contribution >= 0.6 is 11.3 Å². The van der Waals surface area contributed by atoms with Gasteiger partial charge in [-0.3, -0.25) is 0 Å². The molecule has 10 aromatic carbocycles. The lowest BCUT2D eigenvalue weighted by molar-refractivity contribution is 0.669. The van der Waals surface area contributed by atoms with Crippen molar-refractivity contribution in [2.24, 2.45) is 0 Å². The fraction of sp³-hybridized carbons (Fsp3) is 0. The van der Waals surface area contributed by atoms with Crippen LogP contribution in [0.3, 0.4) is 0 Å². The first-order valence-electron chi connectivity index (χ1n) is 22.3. The van der Waals surface area contributed by atoms with Crippen molar-refractivity contribution >= 4 is 126 Å². The van der Waals surface area contributed by atoms with Gasteiger partial charge in [-0.05, 0) is 75.3 Å². The molecule has 0 spiro atoms. The molecule has 0 N–H and O–H groups in total. The van der Waals surface area contributed by atoms with Crippen LogP contribution < -0.4 is 20.7 Å². The van der Waals surface area contributed by atoms with Crippen molar-refractivity contribution in [3.05, 3.63) is 231 Å². The maximum Gasteiger partial charge on any atom is 0.180 e. The molecule has 14 rings (SSSR count). The van der Waals surface area contributed by atoms with Gasteiger partial charge in [-0.25, -0.2) is 0 Å². The van der Waals surface area contributed by atoms with Gasteiger partial charge in [0, 0.05) is 58.2 Å². The topological polar surface area (TPSA) is 23.0 Å². The Morgan fingerprint density at radius 1 is 0.354 bits per heavy atom. The third kappa shape index (κ3) is 5.16. The lowest BCUT2D eigenvalue weighted by Gasteiger charge is -2.35. The van der Waals surface area contributed by atoms with Gasteiger partial charge in [0.2, 0.25) is 0 Å². The van der Waals surface area contributed by atoms with E-state index in [1.165, 1.54) is 84.5 Å². The third-order valence-corrected chi connectivity index (χ3v) is 19.8. The summed E-state index contributed by atoms with van der Waals surface area (Å²) in [7, 11) is -3.09. The van der Waals surface area contributed by atoms with E-state index in [1.54, 1.807) is 0 Å². The first-order chi connectivity index (χ1) is 32.3. The molecule has 0 saturated heterocycles. The largest absolute Gasteiger partial charge is 0.456 e. The number of fused-ring (bicyclic) bond motifs is 12. The molecule has 0 atom stereocenters. The van der Waals surface area contributed by atoms with Gasteiger partial charge < -0.3 is 13.6 Å². The van der Waals surface area contributed by atoms with E-state index in [0.717, 1.165) is 33.3 Å². The number of para-hydroxylation sites is 4. The maximum absolute atomic E-state index is 6.46. The first-order valence-corrected chi connectivity index (χ1v) is 25.1. The zero-order chi connectivity index (χ0) is 42.6. The van der Waals surface area contributed by atoms with Crippen LogP contribution in [-0.4, -0.2) is 17.2 Å². The minimum absolute atomic E-state index is 0.906. The quantitative estimate of drug-likeness (QED) is 0.121. The molecule has 3 nitrogen and oxygen atoms in total. The molecule has 0 radical (unpaired) electrons. The normalized spacial score (nSPS) is 12.3. The number of furan rings is 1. The SMILES string of the molecule is c1ccc([Si](c2ccccc2)(c2ccc3oc4ccccc4c3c2)c2cccc3c2c2ccccc2n3-c2cccc3c4ccccc4n(-c4ccc5c(c4)sc4ccccc45)c23)cc1. The van der Waals surface area contributed by atoms with Gasteiger partial charge in [0.15, 0.2) is 8.07 Å². The number of hydrogen-bond acceptors (Lipinski definition) is 2. The Kier molecular flexibility index (Phi) is 7.87. The van der Waals surface area contributed by atoms with Crippen molar-refractivity contribution in [3.63, 3.8) is 0 Å². The van der Waals surface area contributed by atoms with E-state index in [1.807, 2.05) is 11.3 Å². The summed E-state index contributed by atoms with van der Waals surface area (Å²) in [6.07, 6.45) is 0. The molecular formula is C60H38N2OSSi. The molecule has 0 fully saturated rings. The van der Waals surface area contributed by atoms with Crippen molar-refractivity contribution in [2.75, 3.05) is 0 Å². The standard InChI is InChI=1S/C60H38N2OSSi/c1-3-17-40(18-4-1)65(41-19-5-2-6-20-41,42-34-36-55-49(38-42)44-22-9-13-30-54(44)63-55)58-32-16-28-52-59(58)48-24-8-12-27-51(48)62(52)53-29-15-25-47-43-21-7-11-26-50(43)61(60(47)53)39-33-35-46-45-23-10-14-31-56(45)64-57(46)37-39/h1-38H. The Bertz CT molecular complexity index is 4160. The lowest BCUT2D eigenvalue weighted by Crippen LogP contribution is -2.74. The van der Waals surface area contributed by atoms with E-state index >= 15 is 0 Å². The molecular weight excluding hydrogens is 825 g/mol. The smallest absolute Gasteiger partial charge is 0.180 e. The van der Waals surface area contributed by atoms with Crippen LogP contribution in [0.2, 0.25) is 0 Å². The monoisotopic (exact) mass is 862 g/mol. The summed E-state index contributed by atoms with van der Waals surface area (Å²) in [5, 5.41) is 15.2. The Hall–Kier alpha value is -7.96. The van der Waals surface area contributed by atoms with Gasteiger partial charge in [-0.2, -0.15) is 0 Å². The molecule has 0 aliphatic rings. The summed E-state index contributed by atoms with van der Waals surface area (Å²) in [6.45, 7) is 0. The average Bonchev–Trinajstić information content (AvgIpc) is 4.13. The fourth-order valence-electron chi connectivity index (χ4n) is 11.2.